The Hall–Kier alpha value is -1.68. The van der Waals surface area contributed by atoms with Crippen molar-refractivity contribution in [3.05, 3.63) is 52.0 Å². The monoisotopic (exact) mass is 321 g/mol. The second-order valence-corrected chi connectivity index (χ2v) is 5.25. The van der Waals surface area contributed by atoms with Gasteiger partial charge in [0, 0.05) is 10.2 Å². The minimum Gasteiger partial charge on any atom is -0.493 e. The van der Waals surface area contributed by atoms with Crippen LogP contribution in [0.1, 0.15) is 11.1 Å². The van der Waals surface area contributed by atoms with E-state index in [-0.39, 0.29) is 0 Å². The molecule has 2 rings (SSSR count). The number of rotatable bonds is 4. The molecule has 4 heteroatoms. The molecule has 0 aliphatic heterocycles. The van der Waals surface area contributed by atoms with Gasteiger partial charge in [-0.2, -0.15) is 0 Å². The van der Waals surface area contributed by atoms with Gasteiger partial charge in [-0.1, -0.05) is 22.0 Å². The first kappa shape index (κ1) is 13.7. The SMILES string of the molecule is COc1cc(C)ccc1OCc1cc(N)cc(Br)c1. The van der Waals surface area contributed by atoms with Gasteiger partial charge in [0.25, 0.3) is 0 Å². The van der Waals surface area contributed by atoms with E-state index in [2.05, 4.69) is 15.9 Å². The van der Waals surface area contributed by atoms with Gasteiger partial charge in [0.05, 0.1) is 7.11 Å². The first-order valence-corrected chi connectivity index (χ1v) is 6.70. The lowest BCUT2D eigenvalue weighted by Gasteiger charge is -2.12. The number of halogens is 1. The Morgan fingerprint density at radius 1 is 1.11 bits per heavy atom. The number of nitrogens with two attached hydrogens (primary N) is 1. The predicted molar refractivity (Wildman–Crippen MR) is 80.6 cm³/mol. The number of methoxy groups -OCH3 is 1. The minimum atomic E-state index is 0.447. The molecule has 2 N–H and O–H groups in total. The molecule has 0 bridgehead atoms. The second-order valence-electron chi connectivity index (χ2n) is 4.34. The number of nitrogen functional groups attached to an aromatic ring is 1. The van der Waals surface area contributed by atoms with Crippen LogP contribution >= 0.6 is 15.9 Å². The fourth-order valence-corrected chi connectivity index (χ4v) is 2.37. The molecule has 2 aromatic rings. The van der Waals surface area contributed by atoms with Crippen LogP contribution in [-0.2, 0) is 6.61 Å². The topological polar surface area (TPSA) is 44.5 Å². The summed E-state index contributed by atoms with van der Waals surface area (Å²) in [5.74, 6) is 1.47. The molecule has 0 radical (unpaired) electrons. The standard InChI is InChI=1S/C15H16BrNO2/c1-10-3-4-14(15(5-10)18-2)19-9-11-6-12(16)8-13(17)7-11/h3-8H,9,17H2,1-2H3. The van der Waals surface area contributed by atoms with Gasteiger partial charge in [0.1, 0.15) is 6.61 Å². The normalized spacial score (nSPS) is 10.3. The maximum atomic E-state index is 5.79. The molecular weight excluding hydrogens is 306 g/mol. The summed E-state index contributed by atoms with van der Waals surface area (Å²) >= 11 is 3.42. The fraction of sp³-hybridized carbons (Fsp3) is 0.200. The second kappa shape index (κ2) is 5.97. The Bertz CT molecular complexity index is 564. The first-order valence-electron chi connectivity index (χ1n) is 5.91. The molecule has 19 heavy (non-hydrogen) atoms. The Balaban J connectivity index is 2.14. The van der Waals surface area contributed by atoms with E-state index in [1.165, 1.54) is 0 Å². The largest absolute Gasteiger partial charge is 0.493 e. The molecule has 0 heterocycles. The van der Waals surface area contributed by atoms with Crippen molar-refractivity contribution in [2.75, 3.05) is 12.8 Å². The third-order valence-electron chi connectivity index (χ3n) is 2.69. The molecule has 3 nitrogen and oxygen atoms in total. The summed E-state index contributed by atoms with van der Waals surface area (Å²) in [6.45, 7) is 2.46. The van der Waals surface area contributed by atoms with E-state index < -0.39 is 0 Å². The summed E-state index contributed by atoms with van der Waals surface area (Å²) in [6.07, 6.45) is 0. The zero-order valence-electron chi connectivity index (χ0n) is 10.9. The van der Waals surface area contributed by atoms with E-state index in [9.17, 15) is 0 Å². The van der Waals surface area contributed by atoms with Crippen LogP contribution in [0.5, 0.6) is 11.5 Å². The number of anilines is 1. The molecule has 0 unspecified atom stereocenters. The molecule has 0 aromatic heterocycles. The fourth-order valence-electron chi connectivity index (χ4n) is 1.81. The summed E-state index contributed by atoms with van der Waals surface area (Å²) in [7, 11) is 1.64. The molecule has 0 spiro atoms. The van der Waals surface area contributed by atoms with Crippen LogP contribution < -0.4 is 15.2 Å². The van der Waals surface area contributed by atoms with Crippen LogP contribution in [0.15, 0.2) is 40.9 Å². The molecule has 0 amide bonds. The highest BCUT2D eigenvalue weighted by molar-refractivity contribution is 9.10. The van der Waals surface area contributed by atoms with E-state index in [4.69, 9.17) is 15.2 Å². The lowest BCUT2D eigenvalue weighted by Crippen LogP contribution is -1.99. The maximum absolute atomic E-state index is 5.79. The highest BCUT2D eigenvalue weighted by Crippen LogP contribution is 2.29. The Kier molecular flexibility index (Phi) is 4.32. The third kappa shape index (κ3) is 3.64. The van der Waals surface area contributed by atoms with E-state index in [1.54, 1.807) is 7.11 Å². The molecule has 0 atom stereocenters. The van der Waals surface area contributed by atoms with E-state index in [1.807, 2.05) is 43.3 Å². The Morgan fingerprint density at radius 2 is 1.89 bits per heavy atom. The van der Waals surface area contributed by atoms with Crippen molar-refractivity contribution < 1.29 is 9.47 Å². The molecule has 0 saturated carbocycles. The van der Waals surface area contributed by atoms with Gasteiger partial charge in [-0.3, -0.25) is 0 Å². The van der Waals surface area contributed by atoms with E-state index in [0.717, 1.165) is 27.1 Å². The predicted octanol–water partition coefficient (Wildman–Crippen LogP) is 3.93. The van der Waals surface area contributed by atoms with E-state index >= 15 is 0 Å². The smallest absolute Gasteiger partial charge is 0.161 e. The van der Waals surface area contributed by atoms with E-state index in [0.29, 0.717) is 12.3 Å². The molecule has 0 aliphatic carbocycles. The molecule has 2 aromatic carbocycles. The molecule has 0 saturated heterocycles. The summed E-state index contributed by atoms with van der Waals surface area (Å²) in [5.41, 5.74) is 8.65. The number of aryl methyl sites for hydroxylation is 1. The van der Waals surface area contributed by atoms with Crippen molar-refractivity contribution in [1.82, 2.24) is 0 Å². The zero-order valence-corrected chi connectivity index (χ0v) is 12.5. The van der Waals surface area contributed by atoms with Crippen LogP contribution in [0.4, 0.5) is 5.69 Å². The van der Waals surface area contributed by atoms with Crippen molar-refractivity contribution >= 4 is 21.6 Å². The third-order valence-corrected chi connectivity index (χ3v) is 3.15. The molecular formula is C15H16BrNO2. The van der Waals surface area contributed by atoms with Crippen LogP contribution in [0, 0.1) is 6.92 Å². The highest BCUT2D eigenvalue weighted by Gasteiger charge is 2.05. The van der Waals surface area contributed by atoms with Crippen LogP contribution in [-0.4, -0.2) is 7.11 Å². The molecule has 0 fully saturated rings. The average Bonchev–Trinajstić information content (AvgIpc) is 2.36. The summed E-state index contributed by atoms with van der Waals surface area (Å²) in [4.78, 5) is 0. The van der Waals surface area contributed by atoms with Crippen LogP contribution in [0.25, 0.3) is 0 Å². The van der Waals surface area contributed by atoms with Gasteiger partial charge in [-0.05, 0) is 48.4 Å². The van der Waals surface area contributed by atoms with Crippen molar-refractivity contribution in [2.24, 2.45) is 0 Å². The number of ether oxygens (including phenoxy) is 2. The van der Waals surface area contributed by atoms with Crippen molar-refractivity contribution in [3.8, 4) is 11.5 Å². The number of benzene rings is 2. The summed E-state index contributed by atoms with van der Waals surface area (Å²) < 4.78 is 12.0. The molecule has 100 valence electrons. The first-order chi connectivity index (χ1) is 9.08. The lowest BCUT2D eigenvalue weighted by molar-refractivity contribution is 0.284. The Morgan fingerprint density at radius 3 is 2.58 bits per heavy atom. The van der Waals surface area contributed by atoms with Gasteiger partial charge < -0.3 is 15.2 Å². The number of hydrogen-bond donors (Lipinski definition) is 1. The Labute approximate surface area is 121 Å². The summed E-state index contributed by atoms with van der Waals surface area (Å²) in [5, 5.41) is 0. The summed E-state index contributed by atoms with van der Waals surface area (Å²) in [6, 6.07) is 11.6. The lowest BCUT2D eigenvalue weighted by atomic mass is 10.2. The zero-order chi connectivity index (χ0) is 13.8. The van der Waals surface area contributed by atoms with Gasteiger partial charge >= 0.3 is 0 Å². The van der Waals surface area contributed by atoms with Crippen molar-refractivity contribution in [1.29, 1.82) is 0 Å². The minimum absolute atomic E-state index is 0.447. The van der Waals surface area contributed by atoms with Crippen molar-refractivity contribution in [2.45, 2.75) is 13.5 Å². The quantitative estimate of drug-likeness (QED) is 0.868. The highest BCUT2D eigenvalue weighted by atomic mass is 79.9. The maximum Gasteiger partial charge on any atom is 0.161 e. The van der Waals surface area contributed by atoms with Crippen LogP contribution in [0.3, 0.4) is 0 Å². The average molecular weight is 322 g/mol. The van der Waals surface area contributed by atoms with Gasteiger partial charge in [0.2, 0.25) is 0 Å². The van der Waals surface area contributed by atoms with Crippen LogP contribution in [0.2, 0.25) is 0 Å². The number of hydrogen-bond acceptors (Lipinski definition) is 3. The van der Waals surface area contributed by atoms with Gasteiger partial charge in [-0.15, -0.1) is 0 Å². The van der Waals surface area contributed by atoms with Crippen molar-refractivity contribution in [3.63, 3.8) is 0 Å². The van der Waals surface area contributed by atoms with Gasteiger partial charge in [-0.25, -0.2) is 0 Å². The molecule has 0 aliphatic rings. The van der Waals surface area contributed by atoms with Gasteiger partial charge in [0.15, 0.2) is 11.5 Å².